The zero-order valence-corrected chi connectivity index (χ0v) is 24.0. The van der Waals surface area contributed by atoms with Gasteiger partial charge in [0.25, 0.3) is 0 Å². The monoisotopic (exact) mass is 614 g/mol. The fourth-order valence-corrected chi connectivity index (χ4v) is 7.73. The highest BCUT2D eigenvalue weighted by Gasteiger charge is 2.70. The van der Waals surface area contributed by atoms with Crippen molar-refractivity contribution in [3.8, 4) is 11.8 Å². The summed E-state index contributed by atoms with van der Waals surface area (Å²) in [7, 11) is 0. The van der Waals surface area contributed by atoms with Crippen LogP contribution >= 0.6 is 0 Å². The van der Waals surface area contributed by atoms with Crippen molar-refractivity contribution >= 4 is 0 Å². The highest BCUT2D eigenvalue weighted by atomic mass is 19.4. The van der Waals surface area contributed by atoms with Gasteiger partial charge in [-0.05, 0) is 106 Å². The Morgan fingerprint density at radius 3 is 2.17 bits per heavy atom. The lowest BCUT2D eigenvalue weighted by atomic mass is 9.55. The molecular weight excluding hydrogens is 562 g/mol. The zero-order chi connectivity index (χ0) is 36.8. The van der Waals surface area contributed by atoms with E-state index in [4.69, 9.17) is 8.22 Å². The molecule has 42 heavy (non-hydrogen) atoms. The van der Waals surface area contributed by atoms with Gasteiger partial charge in [-0.25, -0.2) is 0 Å². The van der Waals surface area contributed by atoms with E-state index in [0.29, 0.717) is 32.1 Å². The van der Waals surface area contributed by atoms with Crippen LogP contribution in [0.3, 0.4) is 0 Å². The summed E-state index contributed by atoms with van der Waals surface area (Å²) >= 11 is 0. The molecule has 0 aromatic rings. The van der Waals surface area contributed by atoms with Gasteiger partial charge in [0.1, 0.15) is 0 Å². The summed E-state index contributed by atoms with van der Waals surface area (Å²) in [6, 6.07) is 0. The quantitative estimate of drug-likeness (QED) is 0.181. The van der Waals surface area contributed by atoms with Crippen LogP contribution in [0.2, 0.25) is 0 Å². The third-order valence-corrected chi connectivity index (χ3v) is 9.75. The minimum absolute atomic E-state index is 0.0252. The van der Waals surface area contributed by atoms with Gasteiger partial charge in [-0.15, -0.1) is 0 Å². The topological polar surface area (TPSA) is 80.9 Å². The molecule has 0 aromatic heterocycles. The predicted octanol–water partition coefficient (Wildman–Crippen LogP) is 7.16. The van der Waals surface area contributed by atoms with E-state index in [1.165, 1.54) is 0 Å². The SMILES string of the molecule is [2H]C([2H])([2H])C(O)(CCC[C@@](C)(CC#CC(O)(C(F)(F)F)C(F)(F)F)[C@H]1CCC2C(=CC=C3C[C@@H](O)C[C@H](O)C3)CCC[C@@]21C)C([2H])([2H])[2H]. The number of allylic oxidation sites excluding steroid dienone is 3. The molecule has 3 aliphatic carbocycles. The highest BCUT2D eigenvalue weighted by Crippen LogP contribution is 2.63. The average molecular weight is 615 g/mol. The summed E-state index contributed by atoms with van der Waals surface area (Å²) in [4.78, 5) is 0. The number of rotatable bonds is 7. The maximum Gasteiger partial charge on any atom is 0.438 e. The summed E-state index contributed by atoms with van der Waals surface area (Å²) in [6.07, 6.45) is -6.93. The summed E-state index contributed by atoms with van der Waals surface area (Å²) < 4.78 is 126. The Morgan fingerprint density at radius 1 is 0.976 bits per heavy atom. The maximum absolute atomic E-state index is 13.4. The van der Waals surface area contributed by atoms with Gasteiger partial charge >= 0.3 is 18.0 Å². The molecule has 4 nitrogen and oxygen atoms in total. The van der Waals surface area contributed by atoms with E-state index < -0.39 is 73.1 Å². The lowest BCUT2D eigenvalue weighted by Gasteiger charge is -2.49. The fraction of sp³-hybridized carbons (Fsp3) is 0.812. The van der Waals surface area contributed by atoms with Gasteiger partial charge in [0.2, 0.25) is 0 Å². The van der Waals surface area contributed by atoms with Crippen molar-refractivity contribution < 1.29 is 55.0 Å². The van der Waals surface area contributed by atoms with E-state index in [1.54, 1.807) is 6.92 Å². The first-order valence-electron chi connectivity index (χ1n) is 17.4. The van der Waals surface area contributed by atoms with Gasteiger partial charge in [-0.1, -0.05) is 49.5 Å². The van der Waals surface area contributed by atoms with Crippen LogP contribution in [0.1, 0.15) is 113 Å². The number of hydrogen-bond acceptors (Lipinski definition) is 4. The highest BCUT2D eigenvalue weighted by molar-refractivity contribution is 5.27. The smallest absolute Gasteiger partial charge is 0.393 e. The predicted molar refractivity (Wildman–Crippen MR) is 148 cm³/mol. The van der Waals surface area contributed by atoms with Crippen LogP contribution in [-0.4, -0.2) is 56.2 Å². The van der Waals surface area contributed by atoms with Gasteiger partial charge in [0.15, 0.2) is 0 Å². The Hall–Kier alpha value is -1.54. The normalized spacial score (nSPS) is 34.5. The molecule has 0 bridgehead atoms. The largest absolute Gasteiger partial charge is 0.438 e. The van der Waals surface area contributed by atoms with Crippen LogP contribution in [0, 0.1) is 34.5 Å². The van der Waals surface area contributed by atoms with Crippen LogP contribution in [0.4, 0.5) is 26.3 Å². The molecule has 0 saturated heterocycles. The molecular formula is C32H46F6O4. The molecule has 0 aromatic carbocycles. The minimum Gasteiger partial charge on any atom is -0.393 e. The van der Waals surface area contributed by atoms with Gasteiger partial charge in [-0.3, -0.25) is 0 Å². The van der Waals surface area contributed by atoms with Gasteiger partial charge in [0, 0.05) is 14.6 Å². The maximum atomic E-state index is 13.4. The van der Waals surface area contributed by atoms with Crippen molar-refractivity contribution in [1.29, 1.82) is 0 Å². The molecule has 0 spiro atoms. The average Bonchev–Trinajstić information content (AvgIpc) is 3.27. The first kappa shape index (κ1) is 26.8. The molecule has 3 rings (SSSR count). The van der Waals surface area contributed by atoms with E-state index in [-0.39, 0.29) is 31.1 Å². The van der Waals surface area contributed by atoms with E-state index >= 15 is 0 Å². The number of alkyl halides is 6. The van der Waals surface area contributed by atoms with Crippen molar-refractivity contribution in [3.63, 3.8) is 0 Å². The van der Waals surface area contributed by atoms with Gasteiger partial charge in [-0.2, -0.15) is 26.3 Å². The van der Waals surface area contributed by atoms with Gasteiger partial charge in [0.05, 0.1) is 17.8 Å². The van der Waals surface area contributed by atoms with Crippen LogP contribution in [0.15, 0.2) is 23.3 Å². The molecule has 0 heterocycles. The van der Waals surface area contributed by atoms with E-state index in [0.717, 1.165) is 29.9 Å². The lowest BCUT2D eigenvalue weighted by Crippen LogP contribution is -2.55. The molecule has 1 unspecified atom stereocenters. The number of aliphatic hydroxyl groups excluding tert-OH is 2. The molecule has 240 valence electrons. The number of aliphatic hydroxyl groups is 4. The molecule has 10 heteroatoms. The lowest BCUT2D eigenvalue weighted by molar-refractivity contribution is -0.343. The van der Waals surface area contributed by atoms with Crippen LogP contribution in [0.5, 0.6) is 0 Å². The number of halogens is 6. The fourth-order valence-electron chi connectivity index (χ4n) is 7.73. The Bertz CT molecular complexity index is 1240. The second-order valence-electron chi connectivity index (χ2n) is 13.1. The molecule has 0 aliphatic heterocycles. The second-order valence-corrected chi connectivity index (χ2v) is 13.1. The Labute approximate surface area is 253 Å². The molecule has 3 fully saturated rings. The zero-order valence-electron chi connectivity index (χ0n) is 30.0. The first-order valence-corrected chi connectivity index (χ1v) is 14.4. The van der Waals surface area contributed by atoms with E-state index in [2.05, 4.69) is 0 Å². The summed E-state index contributed by atoms with van der Waals surface area (Å²) in [5.41, 5.74) is -8.09. The number of fused-ring (bicyclic) bond motifs is 1. The minimum atomic E-state index is -6.14. The third-order valence-electron chi connectivity index (χ3n) is 9.75. The number of hydrogen-bond donors (Lipinski definition) is 4. The molecule has 0 amide bonds. The second kappa shape index (κ2) is 12.5. The molecule has 0 radical (unpaired) electrons. The van der Waals surface area contributed by atoms with Crippen molar-refractivity contribution in [2.75, 3.05) is 0 Å². The van der Waals surface area contributed by atoms with E-state index in [1.807, 2.05) is 25.0 Å². The standard InChI is InChI=1S/C32H46F6O4/c1-27(2,41)13-6-14-28(3,15-7-17-30(42,31(33,34)35)32(36,37)38)26-12-11-25-22(8-5-16-29(25,26)4)10-9-21-18-23(39)20-24(40)19-21/h9-10,23-26,39-42H,5-6,8,11-16,18-20H2,1-4H3/t23-,24-,25?,26-,28+,29+/m1/s1/i1D3,2D3. The Kier molecular flexibility index (Phi) is 7.95. The van der Waals surface area contributed by atoms with Crippen molar-refractivity contribution in [2.45, 2.75) is 140 Å². The molecule has 3 aliphatic rings. The van der Waals surface area contributed by atoms with E-state index in [9.17, 15) is 46.8 Å². The van der Waals surface area contributed by atoms with Crippen LogP contribution < -0.4 is 0 Å². The summed E-state index contributed by atoms with van der Waals surface area (Å²) in [5.74, 6) is 2.61. The van der Waals surface area contributed by atoms with Crippen molar-refractivity contribution in [3.05, 3.63) is 23.3 Å². The first-order chi connectivity index (χ1) is 21.6. The summed E-state index contributed by atoms with van der Waals surface area (Å²) in [6.45, 7) is -3.00. The van der Waals surface area contributed by atoms with Crippen molar-refractivity contribution in [2.24, 2.45) is 22.7 Å². The van der Waals surface area contributed by atoms with Crippen LogP contribution in [-0.2, 0) is 0 Å². The van der Waals surface area contributed by atoms with Crippen molar-refractivity contribution in [1.82, 2.24) is 0 Å². The Morgan fingerprint density at radius 2 is 1.60 bits per heavy atom. The molecule has 4 N–H and O–H groups in total. The third kappa shape index (κ3) is 7.75. The molecule has 3 saturated carbocycles. The van der Waals surface area contributed by atoms with Gasteiger partial charge < -0.3 is 20.4 Å². The molecule has 6 atom stereocenters. The van der Waals surface area contributed by atoms with Crippen LogP contribution in [0.25, 0.3) is 0 Å². The Balaban J connectivity index is 2.01. The summed E-state index contributed by atoms with van der Waals surface area (Å²) in [5, 5.41) is 40.6.